The van der Waals surface area contributed by atoms with E-state index in [0.29, 0.717) is 28.9 Å². The molecule has 5 heteroatoms. The number of para-hydroxylation sites is 1. The van der Waals surface area contributed by atoms with E-state index in [1.54, 1.807) is 6.07 Å². The Hall–Kier alpha value is -3.39. The molecule has 2 N–H and O–H groups in total. The summed E-state index contributed by atoms with van der Waals surface area (Å²) in [5.74, 6) is 2.49. The van der Waals surface area contributed by atoms with Crippen LogP contribution in [0.4, 0.5) is 23.0 Å². The molecule has 0 bridgehead atoms. The first-order chi connectivity index (χ1) is 12.5. The summed E-state index contributed by atoms with van der Waals surface area (Å²) in [5, 5.41) is 15.7. The minimum atomic E-state index is 0.501. The zero-order chi connectivity index (χ0) is 18.5. The summed E-state index contributed by atoms with van der Waals surface area (Å²) >= 11 is 0. The quantitative estimate of drug-likeness (QED) is 0.660. The molecule has 0 aliphatic rings. The van der Waals surface area contributed by atoms with Crippen LogP contribution < -0.4 is 10.6 Å². The minimum Gasteiger partial charge on any atom is -0.340 e. The predicted octanol–water partition coefficient (Wildman–Crippen LogP) is 5.27. The maximum Gasteiger partial charge on any atom is 0.136 e. The van der Waals surface area contributed by atoms with E-state index in [9.17, 15) is 5.26 Å². The first kappa shape index (κ1) is 17.4. The fourth-order valence-corrected chi connectivity index (χ4v) is 2.62. The summed E-state index contributed by atoms with van der Waals surface area (Å²) in [6.07, 6.45) is 0. The Morgan fingerprint density at radius 2 is 1.58 bits per heavy atom. The number of aryl methyl sites for hydroxylation is 1. The molecule has 130 valence electrons. The molecule has 0 aliphatic carbocycles. The molecule has 1 aromatic heterocycles. The monoisotopic (exact) mass is 343 g/mol. The van der Waals surface area contributed by atoms with Crippen LogP contribution in [0.5, 0.6) is 0 Å². The van der Waals surface area contributed by atoms with Crippen molar-refractivity contribution in [3.63, 3.8) is 0 Å². The van der Waals surface area contributed by atoms with Crippen molar-refractivity contribution in [1.29, 1.82) is 5.26 Å². The summed E-state index contributed by atoms with van der Waals surface area (Å²) in [4.78, 5) is 8.86. The van der Waals surface area contributed by atoms with E-state index in [1.165, 1.54) is 5.56 Å². The van der Waals surface area contributed by atoms with Crippen LogP contribution in [0.25, 0.3) is 0 Å². The number of nitrogens with one attached hydrogen (secondary N) is 2. The van der Waals surface area contributed by atoms with Gasteiger partial charge in [-0.1, -0.05) is 38.1 Å². The van der Waals surface area contributed by atoms with Gasteiger partial charge in [0.15, 0.2) is 0 Å². The third kappa shape index (κ3) is 4.17. The third-order valence-corrected chi connectivity index (χ3v) is 4.00. The molecule has 5 nitrogen and oxygen atoms in total. The molecule has 0 unspecified atom stereocenters. The average molecular weight is 343 g/mol. The molecule has 0 saturated carbocycles. The van der Waals surface area contributed by atoms with Crippen molar-refractivity contribution in [2.45, 2.75) is 26.7 Å². The van der Waals surface area contributed by atoms with Gasteiger partial charge in [-0.15, -0.1) is 0 Å². The lowest BCUT2D eigenvalue weighted by Gasteiger charge is -2.12. The van der Waals surface area contributed by atoms with Crippen molar-refractivity contribution in [2.75, 3.05) is 10.6 Å². The number of rotatable bonds is 5. The van der Waals surface area contributed by atoms with Crippen molar-refractivity contribution in [1.82, 2.24) is 9.97 Å². The number of hydrogen-bond acceptors (Lipinski definition) is 5. The highest BCUT2D eigenvalue weighted by Crippen LogP contribution is 2.23. The zero-order valence-electron chi connectivity index (χ0n) is 15.1. The summed E-state index contributed by atoms with van der Waals surface area (Å²) in [6.45, 7) is 6.19. The summed E-state index contributed by atoms with van der Waals surface area (Å²) in [5.41, 5.74) is 3.56. The lowest BCUT2D eigenvalue weighted by molar-refractivity contribution is 0.867. The second-order valence-corrected chi connectivity index (χ2v) is 6.37. The van der Waals surface area contributed by atoms with Crippen LogP contribution in [0, 0.1) is 18.3 Å². The fourth-order valence-electron chi connectivity index (χ4n) is 2.62. The minimum absolute atomic E-state index is 0.501. The molecule has 0 amide bonds. The van der Waals surface area contributed by atoms with Crippen LogP contribution in [0.2, 0.25) is 0 Å². The van der Waals surface area contributed by atoms with Gasteiger partial charge in [0.1, 0.15) is 23.5 Å². The molecule has 0 atom stereocenters. The Morgan fingerprint density at radius 1 is 0.923 bits per heavy atom. The first-order valence-corrected chi connectivity index (χ1v) is 8.54. The van der Waals surface area contributed by atoms with Crippen LogP contribution in [0.15, 0.2) is 54.6 Å². The SMILES string of the molecule is Cc1nc(Nc2ccc(C(C)C)cc2)cc(Nc2ccccc2C#N)n1. The number of hydrogen-bond donors (Lipinski definition) is 2. The van der Waals surface area contributed by atoms with Gasteiger partial charge in [-0.3, -0.25) is 0 Å². The van der Waals surface area contributed by atoms with Crippen molar-refractivity contribution >= 4 is 23.0 Å². The topological polar surface area (TPSA) is 73.6 Å². The van der Waals surface area contributed by atoms with E-state index in [0.717, 1.165) is 11.4 Å². The van der Waals surface area contributed by atoms with E-state index in [1.807, 2.05) is 43.3 Å². The second-order valence-electron chi connectivity index (χ2n) is 6.37. The van der Waals surface area contributed by atoms with Gasteiger partial charge < -0.3 is 10.6 Å². The molecule has 0 fully saturated rings. The predicted molar refractivity (Wildman–Crippen MR) is 105 cm³/mol. The molecule has 0 spiro atoms. The lowest BCUT2D eigenvalue weighted by atomic mass is 10.0. The van der Waals surface area contributed by atoms with Gasteiger partial charge in [0.2, 0.25) is 0 Å². The van der Waals surface area contributed by atoms with Gasteiger partial charge in [0.25, 0.3) is 0 Å². The van der Waals surface area contributed by atoms with E-state index in [2.05, 4.69) is 52.7 Å². The molecule has 3 rings (SSSR count). The Labute approximate surface area is 153 Å². The fraction of sp³-hybridized carbons (Fsp3) is 0.190. The van der Waals surface area contributed by atoms with E-state index in [4.69, 9.17) is 0 Å². The highest BCUT2D eigenvalue weighted by atomic mass is 15.1. The normalized spacial score (nSPS) is 10.4. The number of anilines is 4. The van der Waals surface area contributed by atoms with Gasteiger partial charge in [-0.05, 0) is 42.7 Å². The maximum absolute atomic E-state index is 9.23. The average Bonchev–Trinajstić information content (AvgIpc) is 2.62. The zero-order valence-corrected chi connectivity index (χ0v) is 15.1. The Morgan fingerprint density at radius 3 is 2.23 bits per heavy atom. The van der Waals surface area contributed by atoms with E-state index < -0.39 is 0 Å². The molecule has 0 radical (unpaired) electrons. The Balaban J connectivity index is 1.82. The van der Waals surface area contributed by atoms with Crippen molar-refractivity contribution < 1.29 is 0 Å². The third-order valence-electron chi connectivity index (χ3n) is 4.00. The Bertz CT molecular complexity index is 939. The van der Waals surface area contributed by atoms with E-state index in [-0.39, 0.29) is 0 Å². The van der Waals surface area contributed by atoms with Gasteiger partial charge in [-0.25, -0.2) is 9.97 Å². The summed E-state index contributed by atoms with van der Waals surface area (Å²) < 4.78 is 0. The van der Waals surface area contributed by atoms with Crippen LogP contribution in [-0.4, -0.2) is 9.97 Å². The molecule has 0 aliphatic heterocycles. The number of nitriles is 1. The van der Waals surface area contributed by atoms with Gasteiger partial charge in [0, 0.05) is 11.8 Å². The molecular weight excluding hydrogens is 322 g/mol. The van der Waals surface area contributed by atoms with Gasteiger partial charge in [0.05, 0.1) is 11.3 Å². The molecular formula is C21H21N5. The number of benzene rings is 2. The summed E-state index contributed by atoms with van der Waals surface area (Å²) in [7, 11) is 0. The first-order valence-electron chi connectivity index (χ1n) is 8.54. The lowest BCUT2D eigenvalue weighted by Crippen LogP contribution is -2.02. The largest absolute Gasteiger partial charge is 0.340 e. The van der Waals surface area contributed by atoms with Crippen molar-refractivity contribution in [2.24, 2.45) is 0 Å². The molecule has 2 aromatic carbocycles. The van der Waals surface area contributed by atoms with Crippen LogP contribution >= 0.6 is 0 Å². The standard InChI is InChI=1S/C21H21N5/c1-14(2)16-8-10-18(11-9-16)25-20-12-21(24-15(3)23-20)26-19-7-5-4-6-17(19)13-22/h4-12,14H,1-3H3,(H2,23,24,25,26). The highest BCUT2D eigenvalue weighted by Gasteiger charge is 2.06. The smallest absolute Gasteiger partial charge is 0.136 e. The van der Waals surface area contributed by atoms with Crippen molar-refractivity contribution in [3.8, 4) is 6.07 Å². The Kier molecular flexibility index (Phi) is 5.14. The van der Waals surface area contributed by atoms with Crippen LogP contribution in [-0.2, 0) is 0 Å². The second kappa shape index (κ2) is 7.66. The molecule has 3 aromatic rings. The number of nitrogens with zero attached hydrogens (tertiary/aromatic N) is 3. The van der Waals surface area contributed by atoms with Gasteiger partial charge >= 0.3 is 0 Å². The molecule has 26 heavy (non-hydrogen) atoms. The van der Waals surface area contributed by atoms with Crippen LogP contribution in [0.3, 0.4) is 0 Å². The summed E-state index contributed by atoms with van der Waals surface area (Å²) in [6, 6.07) is 19.7. The van der Waals surface area contributed by atoms with Crippen LogP contribution in [0.1, 0.15) is 36.7 Å². The highest BCUT2D eigenvalue weighted by molar-refractivity contribution is 5.67. The molecule has 0 saturated heterocycles. The van der Waals surface area contributed by atoms with Gasteiger partial charge in [-0.2, -0.15) is 5.26 Å². The molecule has 1 heterocycles. The maximum atomic E-state index is 9.23. The van der Waals surface area contributed by atoms with Crippen molar-refractivity contribution in [3.05, 3.63) is 71.5 Å². The number of aromatic nitrogens is 2. The van der Waals surface area contributed by atoms with E-state index >= 15 is 0 Å².